The van der Waals surface area contributed by atoms with Crippen LogP contribution in [-0.2, 0) is 24.2 Å². The molecule has 0 radical (unpaired) electrons. The van der Waals surface area contributed by atoms with E-state index in [0.29, 0.717) is 28.6 Å². The Morgan fingerprint density at radius 3 is 2.65 bits per heavy atom. The highest BCUT2D eigenvalue weighted by Gasteiger charge is 2.38. The van der Waals surface area contributed by atoms with Crippen molar-refractivity contribution in [3.63, 3.8) is 0 Å². The largest absolute Gasteiger partial charge is 0.323 e. The van der Waals surface area contributed by atoms with Crippen LogP contribution in [0.3, 0.4) is 0 Å². The fourth-order valence-corrected chi connectivity index (χ4v) is 6.56. The number of rotatable bonds is 7. The molecule has 40 heavy (non-hydrogen) atoms. The van der Waals surface area contributed by atoms with E-state index in [-0.39, 0.29) is 35.6 Å². The molecule has 0 bridgehead atoms. The first-order chi connectivity index (χ1) is 19.4. The van der Waals surface area contributed by atoms with E-state index < -0.39 is 6.04 Å². The number of anilines is 1. The van der Waals surface area contributed by atoms with Crippen molar-refractivity contribution in [3.8, 4) is 0 Å². The quantitative estimate of drug-likeness (QED) is 0.294. The summed E-state index contributed by atoms with van der Waals surface area (Å²) in [6, 6.07) is 15.7. The first-order valence-corrected chi connectivity index (χ1v) is 14.4. The van der Waals surface area contributed by atoms with E-state index in [1.807, 2.05) is 31.2 Å². The number of aryl methyl sites for hydroxylation is 1. The van der Waals surface area contributed by atoms with Crippen molar-refractivity contribution in [2.24, 2.45) is 0 Å². The highest BCUT2D eigenvalue weighted by Crippen LogP contribution is 2.45. The van der Waals surface area contributed by atoms with Crippen LogP contribution in [0.4, 0.5) is 5.82 Å². The third-order valence-corrected chi connectivity index (χ3v) is 8.93. The summed E-state index contributed by atoms with van der Waals surface area (Å²) >= 11 is 8.08. The maximum absolute atomic E-state index is 14.0. The van der Waals surface area contributed by atoms with Gasteiger partial charge in [-0.05, 0) is 78.8 Å². The van der Waals surface area contributed by atoms with Crippen LogP contribution in [-0.4, -0.2) is 38.5 Å². The number of Topliss-reactive ketones (excluding diaryl/α,β-unsaturated/α-hetero) is 1. The van der Waals surface area contributed by atoms with Crippen LogP contribution in [0.15, 0.2) is 67.0 Å². The summed E-state index contributed by atoms with van der Waals surface area (Å²) in [5.74, 6) is 0.398. The Morgan fingerprint density at radius 1 is 1.10 bits per heavy atom. The van der Waals surface area contributed by atoms with E-state index in [1.165, 1.54) is 16.2 Å². The Kier molecular flexibility index (Phi) is 7.21. The van der Waals surface area contributed by atoms with E-state index in [1.54, 1.807) is 41.6 Å². The summed E-state index contributed by atoms with van der Waals surface area (Å²) in [6.07, 6.45) is 6.18. The zero-order valence-corrected chi connectivity index (χ0v) is 23.5. The van der Waals surface area contributed by atoms with Crippen LogP contribution in [0, 0.1) is 6.92 Å². The van der Waals surface area contributed by atoms with Gasteiger partial charge in [0.15, 0.2) is 5.78 Å². The van der Waals surface area contributed by atoms with Gasteiger partial charge in [-0.2, -0.15) is 0 Å². The molecule has 1 unspecified atom stereocenters. The summed E-state index contributed by atoms with van der Waals surface area (Å²) in [7, 11) is 0. The Labute approximate surface area is 241 Å². The molecule has 6 rings (SSSR count). The fourth-order valence-electron chi connectivity index (χ4n) is 4.97. The van der Waals surface area contributed by atoms with Gasteiger partial charge >= 0.3 is 0 Å². The standard InChI is InChI=1S/C31H27ClN4O3S/c1-18-5-10-28(34-16-18)35-30(38)23-9-6-19(12-24(23)32)17-36-25(15-22-4-2-3-11-33-22)26(37)13-21-14-27(20-7-8-20)40-29(21)31(36)39/h2-6,9-12,14,16,20,25H,7-8,13,15,17H2,1H3,(H,34,35,38). The number of nitrogens with zero attached hydrogens (tertiary/aromatic N) is 3. The minimum atomic E-state index is -0.666. The van der Waals surface area contributed by atoms with Gasteiger partial charge in [0.05, 0.1) is 21.5 Å². The number of nitrogens with one attached hydrogen (secondary N) is 1. The minimum absolute atomic E-state index is 0.00871. The molecule has 1 aliphatic carbocycles. The lowest BCUT2D eigenvalue weighted by atomic mass is 10.00. The fraction of sp³-hybridized carbons (Fsp3) is 0.258. The molecule has 7 nitrogen and oxygen atoms in total. The van der Waals surface area contributed by atoms with Crippen LogP contribution in [0.25, 0.3) is 0 Å². The molecule has 202 valence electrons. The van der Waals surface area contributed by atoms with Gasteiger partial charge in [-0.25, -0.2) is 4.98 Å². The number of aromatic nitrogens is 2. The molecule has 1 fully saturated rings. The second kappa shape index (κ2) is 10.9. The second-order valence-electron chi connectivity index (χ2n) is 10.4. The van der Waals surface area contributed by atoms with Crippen molar-refractivity contribution in [1.29, 1.82) is 0 Å². The van der Waals surface area contributed by atoms with E-state index in [0.717, 1.165) is 35.2 Å². The maximum Gasteiger partial charge on any atom is 0.265 e. The summed E-state index contributed by atoms with van der Waals surface area (Å²) in [6.45, 7) is 2.10. The van der Waals surface area contributed by atoms with Gasteiger partial charge in [-0.15, -0.1) is 11.3 Å². The van der Waals surface area contributed by atoms with Gasteiger partial charge in [0.25, 0.3) is 11.8 Å². The lowest BCUT2D eigenvalue weighted by molar-refractivity contribution is -0.122. The summed E-state index contributed by atoms with van der Waals surface area (Å²) in [5.41, 5.74) is 3.58. The smallest absolute Gasteiger partial charge is 0.265 e. The molecule has 0 spiro atoms. The summed E-state index contributed by atoms with van der Waals surface area (Å²) in [5, 5.41) is 3.02. The third kappa shape index (κ3) is 5.55. The van der Waals surface area contributed by atoms with E-state index >= 15 is 0 Å². The number of fused-ring (bicyclic) bond motifs is 1. The Morgan fingerprint density at radius 2 is 1.95 bits per heavy atom. The summed E-state index contributed by atoms with van der Waals surface area (Å²) < 4.78 is 0. The average molecular weight is 571 g/mol. The Bertz CT molecular complexity index is 1600. The van der Waals surface area contributed by atoms with Crippen molar-refractivity contribution in [2.45, 2.75) is 51.1 Å². The Hall–Kier alpha value is -3.88. The molecule has 1 aliphatic heterocycles. The van der Waals surface area contributed by atoms with Crippen LogP contribution < -0.4 is 5.32 Å². The molecule has 0 saturated heterocycles. The predicted octanol–water partition coefficient (Wildman–Crippen LogP) is 6.01. The number of carbonyl (C=O) groups excluding carboxylic acids is 3. The topological polar surface area (TPSA) is 92.3 Å². The number of halogens is 1. The number of carbonyl (C=O) groups is 3. The van der Waals surface area contributed by atoms with Crippen molar-refractivity contribution in [3.05, 3.63) is 110 Å². The number of amides is 2. The lowest BCUT2D eigenvalue weighted by Gasteiger charge is -2.29. The highest BCUT2D eigenvalue weighted by molar-refractivity contribution is 7.14. The number of hydrogen-bond acceptors (Lipinski definition) is 6. The van der Waals surface area contributed by atoms with Crippen LogP contribution >= 0.6 is 22.9 Å². The van der Waals surface area contributed by atoms with Crippen LogP contribution in [0.1, 0.15) is 66.1 Å². The van der Waals surface area contributed by atoms with Gasteiger partial charge in [-0.3, -0.25) is 19.4 Å². The maximum atomic E-state index is 14.0. The molecule has 4 aromatic rings. The third-order valence-electron chi connectivity index (χ3n) is 7.29. The van der Waals surface area contributed by atoms with Crippen molar-refractivity contribution < 1.29 is 14.4 Å². The number of ketones is 1. The molecule has 1 N–H and O–H groups in total. The van der Waals surface area contributed by atoms with E-state index in [4.69, 9.17) is 11.6 Å². The number of thiophene rings is 1. The van der Waals surface area contributed by atoms with Crippen molar-refractivity contribution in [1.82, 2.24) is 14.9 Å². The highest BCUT2D eigenvalue weighted by atomic mass is 35.5. The molecule has 1 saturated carbocycles. The first-order valence-electron chi connectivity index (χ1n) is 13.2. The molecule has 1 aromatic carbocycles. The molecule has 1 atom stereocenters. The lowest BCUT2D eigenvalue weighted by Crippen LogP contribution is -2.44. The molecular weight excluding hydrogens is 544 g/mol. The zero-order chi connectivity index (χ0) is 27.8. The summed E-state index contributed by atoms with van der Waals surface area (Å²) in [4.78, 5) is 52.6. The molecule has 4 heterocycles. The number of benzene rings is 1. The monoisotopic (exact) mass is 570 g/mol. The van der Waals surface area contributed by atoms with Gasteiger partial charge in [0.1, 0.15) is 5.82 Å². The predicted molar refractivity (Wildman–Crippen MR) is 155 cm³/mol. The number of pyridine rings is 2. The van der Waals surface area contributed by atoms with E-state index in [2.05, 4.69) is 21.4 Å². The second-order valence-corrected chi connectivity index (χ2v) is 11.9. The molecule has 3 aromatic heterocycles. The normalized spacial score (nSPS) is 16.9. The minimum Gasteiger partial charge on any atom is -0.323 e. The SMILES string of the molecule is Cc1ccc(NC(=O)c2ccc(CN3C(=O)c4sc(C5CC5)cc4CC(=O)C3Cc3ccccn3)cc2Cl)nc1. The molecule has 9 heteroatoms. The molecule has 2 aliphatic rings. The van der Waals surface area contributed by atoms with Gasteiger partial charge < -0.3 is 10.2 Å². The van der Waals surface area contributed by atoms with Crippen molar-refractivity contribution >= 4 is 46.4 Å². The first kappa shape index (κ1) is 26.3. The molecule has 2 amide bonds. The van der Waals surface area contributed by atoms with Gasteiger partial charge in [0.2, 0.25) is 0 Å². The molecular formula is C31H27ClN4O3S. The van der Waals surface area contributed by atoms with Crippen LogP contribution in [0.5, 0.6) is 0 Å². The van der Waals surface area contributed by atoms with Gasteiger partial charge in [0, 0.05) is 42.4 Å². The van der Waals surface area contributed by atoms with Crippen molar-refractivity contribution in [2.75, 3.05) is 5.32 Å². The van der Waals surface area contributed by atoms with Crippen LogP contribution in [0.2, 0.25) is 5.02 Å². The Balaban J connectivity index is 1.28. The average Bonchev–Trinajstić information content (AvgIpc) is 3.72. The number of hydrogen-bond donors (Lipinski definition) is 1. The van der Waals surface area contributed by atoms with E-state index in [9.17, 15) is 14.4 Å². The van der Waals surface area contributed by atoms with Gasteiger partial charge in [-0.1, -0.05) is 29.8 Å². The zero-order valence-electron chi connectivity index (χ0n) is 21.9.